The minimum absolute atomic E-state index is 0.278. The molecular formula is C19H19FN4O2S. The number of aromatic nitrogens is 2. The lowest BCUT2D eigenvalue weighted by Gasteiger charge is -2.23. The first-order chi connectivity index (χ1) is 13.1. The molecule has 1 fully saturated rings. The molecule has 1 saturated heterocycles. The zero-order valence-electron chi connectivity index (χ0n) is 14.6. The Bertz CT molecular complexity index is 1060. The monoisotopic (exact) mass is 386 g/mol. The van der Waals surface area contributed by atoms with Crippen LogP contribution in [0.1, 0.15) is 6.42 Å². The number of anilines is 1. The molecule has 0 saturated carbocycles. The normalized spacial score (nSPS) is 16.4. The van der Waals surface area contributed by atoms with Gasteiger partial charge in [-0.15, -0.1) is 0 Å². The van der Waals surface area contributed by atoms with E-state index in [1.165, 1.54) is 16.7 Å². The largest absolute Gasteiger partial charge is 0.355 e. The van der Waals surface area contributed by atoms with Gasteiger partial charge in [0.25, 0.3) is 0 Å². The number of benzene rings is 2. The van der Waals surface area contributed by atoms with Crippen LogP contribution in [0.15, 0.2) is 59.8 Å². The molecule has 140 valence electrons. The molecule has 27 heavy (non-hydrogen) atoms. The molecule has 8 heteroatoms. The molecule has 3 aromatic rings. The van der Waals surface area contributed by atoms with Crippen LogP contribution in [0.5, 0.6) is 0 Å². The van der Waals surface area contributed by atoms with Gasteiger partial charge < -0.3 is 4.90 Å². The Balaban J connectivity index is 1.61. The molecule has 0 spiro atoms. The molecule has 1 aliphatic rings. The van der Waals surface area contributed by atoms with Crippen LogP contribution in [0.2, 0.25) is 0 Å². The second kappa shape index (κ2) is 7.21. The highest BCUT2D eigenvalue weighted by Crippen LogP contribution is 2.26. The molecule has 0 aliphatic carbocycles. The zero-order valence-corrected chi connectivity index (χ0v) is 15.4. The smallest absolute Gasteiger partial charge is 0.243 e. The first kappa shape index (κ1) is 17.8. The molecule has 4 rings (SSSR count). The summed E-state index contributed by atoms with van der Waals surface area (Å²) < 4.78 is 41.3. The topological polar surface area (TPSA) is 66.4 Å². The summed E-state index contributed by atoms with van der Waals surface area (Å²) in [5, 5.41) is 0.636. The van der Waals surface area contributed by atoms with Crippen LogP contribution in [-0.4, -0.2) is 48.9 Å². The molecule has 0 bridgehead atoms. The predicted octanol–water partition coefficient (Wildman–Crippen LogP) is 2.67. The molecule has 0 unspecified atom stereocenters. The highest BCUT2D eigenvalue weighted by atomic mass is 32.2. The second-order valence-corrected chi connectivity index (χ2v) is 8.33. The van der Waals surface area contributed by atoms with Crippen LogP contribution < -0.4 is 4.90 Å². The molecule has 6 nitrogen and oxygen atoms in total. The summed E-state index contributed by atoms with van der Waals surface area (Å²) in [6.07, 6.45) is 2.01. The van der Waals surface area contributed by atoms with Gasteiger partial charge in [0.1, 0.15) is 23.5 Å². The lowest BCUT2D eigenvalue weighted by atomic mass is 10.2. The van der Waals surface area contributed by atoms with E-state index in [2.05, 4.69) is 9.97 Å². The lowest BCUT2D eigenvalue weighted by molar-refractivity contribution is 0.433. The van der Waals surface area contributed by atoms with E-state index in [-0.39, 0.29) is 11.3 Å². The first-order valence-corrected chi connectivity index (χ1v) is 10.2. The van der Waals surface area contributed by atoms with E-state index in [1.807, 2.05) is 4.90 Å². The summed E-state index contributed by atoms with van der Waals surface area (Å²) in [6, 6.07) is 13.2. The van der Waals surface area contributed by atoms with Gasteiger partial charge in [0.05, 0.1) is 4.90 Å². The maximum absolute atomic E-state index is 14.0. The van der Waals surface area contributed by atoms with Crippen molar-refractivity contribution < 1.29 is 12.8 Å². The molecule has 2 heterocycles. The Labute approximate surface area is 157 Å². The Morgan fingerprint density at radius 1 is 0.889 bits per heavy atom. The van der Waals surface area contributed by atoms with Gasteiger partial charge in [-0.2, -0.15) is 4.31 Å². The molecule has 2 aromatic carbocycles. The number of hydrogen-bond acceptors (Lipinski definition) is 5. The highest BCUT2D eigenvalue weighted by Gasteiger charge is 2.27. The predicted molar refractivity (Wildman–Crippen MR) is 102 cm³/mol. The number of fused-ring (bicyclic) bond motifs is 1. The SMILES string of the molecule is O=S(=O)(c1ccccc1)N1CCCN(c2ncnc3c(F)cccc23)CC1. The van der Waals surface area contributed by atoms with Crippen molar-refractivity contribution in [1.82, 2.24) is 14.3 Å². The fourth-order valence-corrected chi connectivity index (χ4v) is 4.87. The summed E-state index contributed by atoms with van der Waals surface area (Å²) in [7, 11) is -3.53. The highest BCUT2D eigenvalue weighted by molar-refractivity contribution is 7.89. The number of hydrogen-bond donors (Lipinski definition) is 0. The summed E-state index contributed by atoms with van der Waals surface area (Å²) in [5.74, 6) is 0.248. The molecule has 0 atom stereocenters. The van der Waals surface area contributed by atoms with Gasteiger partial charge in [-0.05, 0) is 30.7 Å². The lowest BCUT2D eigenvalue weighted by Crippen LogP contribution is -2.35. The molecular weight excluding hydrogens is 367 g/mol. The maximum Gasteiger partial charge on any atom is 0.243 e. The third-order valence-electron chi connectivity index (χ3n) is 4.73. The van der Waals surface area contributed by atoms with E-state index in [4.69, 9.17) is 0 Å². The molecule has 1 aliphatic heterocycles. The molecule has 0 amide bonds. The van der Waals surface area contributed by atoms with Crippen molar-refractivity contribution in [1.29, 1.82) is 0 Å². The number of sulfonamides is 1. The number of para-hydroxylation sites is 1. The van der Waals surface area contributed by atoms with Gasteiger partial charge in [-0.25, -0.2) is 22.8 Å². The minimum Gasteiger partial charge on any atom is -0.355 e. The van der Waals surface area contributed by atoms with Crippen LogP contribution in [0.4, 0.5) is 10.2 Å². The quantitative estimate of drug-likeness (QED) is 0.692. The summed E-state index contributed by atoms with van der Waals surface area (Å²) >= 11 is 0. The third-order valence-corrected chi connectivity index (χ3v) is 6.64. The standard InChI is InChI=1S/C19H19FN4O2S/c20-17-9-4-8-16-18(17)21-14-22-19(16)23-10-5-11-24(13-12-23)27(25,26)15-6-2-1-3-7-15/h1-4,6-9,14H,5,10-13H2. The summed E-state index contributed by atoms with van der Waals surface area (Å²) in [5.41, 5.74) is 0.278. The van der Waals surface area contributed by atoms with Crippen LogP contribution in [0, 0.1) is 5.82 Å². The van der Waals surface area contributed by atoms with Gasteiger partial charge in [0.2, 0.25) is 10.0 Å². The maximum atomic E-state index is 14.0. The Morgan fingerprint density at radius 2 is 1.70 bits per heavy atom. The summed E-state index contributed by atoms with van der Waals surface area (Å²) in [6.45, 7) is 1.90. The molecule has 0 N–H and O–H groups in total. The van der Waals surface area contributed by atoms with Crippen LogP contribution >= 0.6 is 0 Å². The molecule has 0 radical (unpaired) electrons. The summed E-state index contributed by atoms with van der Waals surface area (Å²) in [4.78, 5) is 10.7. The van der Waals surface area contributed by atoms with Gasteiger partial charge in [0, 0.05) is 31.6 Å². The van der Waals surface area contributed by atoms with E-state index in [0.29, 0.717) is 48.7 Å². The minimum atomic E-state index is -3.53. The van der Waals surface area contributed by atoms with Gasteiger partial charge >= 0.3 is 0 Å². The van der Waals surface area contributed by atoms with Crippen molar-refractivity contribution in [3.8, 4) is 0 Å². The van der Waals surface area contributed by atoms with Gasteiger partial charge in [0.15, 0.2) is 0 Å². The fraction of sp³-hybridized carbons (Fsp3) is 0.263. The first-order valence-electron chi connectivity index (χ1n) is 8.77. The Morgan fingerprint density at radius 3 is 2.52 bits per heavy atom. The second-order valence-electron chi connectivity index (χ2n) is 6.39. The van der Waals surface area contributed by atoms with Crippen molar-refractivity contribution >= 4 is 26.7 Å². The van der Waals surface area contributed by atoms with Crippen molar-refractivity contribution in [3.05, 3.63) is 60.7 Å². The third kappa shape index (κ3) is 3.38. The van der Waals surface area contributed by atoms with Crippen molar-refractivity contribution in [2.75, 3.05) is 31.1 Å². The zero-order chi connectivity index (χ0) is 18.9. The number of halogens is 1. The number of nitrogens with zero attached hydrogens (tertiary/aromatic N) is 4. The van der Waals surface area contributed by atoms with E-state index in [0.717, 1.165) is 0 Å². The van der Waals surface area contributed by atoms with Crippen LogP contribution in [0.25, 0.3) is 10.9 Å². The Hall–Kier alpha value is -2.58. The van der Waals surface area contributed by atoms with E-state index in [1.54, 1.807) is 42.5 Å². The van der Waals surface area contributed by atoms with Crippen molar-refractivity contribution in [2.45, 2.75) is 11.3 Å². The van der Waals surface area contributed by atoms with Gasteiger partial charge in [-0.1, -0.05) is 24.3 Å². The van der Waals surface area contributed by atoms with Crippen LogP contribution in [-0.2, 0) is 10.0 Å². The van der Waals surface area contributed by atoms with Gasteiger partial charge in [-0.3, -0.25) is 0 Å². The van der Waals surface area contributed by atoms with Crippen molar-refractivity contribution in [3.63, 3.8) is 0 Å². The van der Waals surface area contributed by atoms with E-state index >= 15 is 0 Å². The van der Waals surface area contributed by atoms with Crippen LogP contribution in [0.3, 0.4) is 0 Å². The molecule has 1 aromatic heterocycles. The number of rotatable bonds is 3. The average molecular weight is 386 g/mol. The Kier molecular flexibility index (Phi) is 4.75. The van der Waals surface area contributed by atoms with E-state index < -0.39 is 10.0 Å². The van der Waals surface area contributed by atoms with Crippen molar-refractivity contribution in [2.24, 2.45) is 0 Å². The van der Waals surface area contributed by atoms with E-state index in [9.17, 15) is 12.8 Å². The average Bonchev–Trinajstić information content (AvgIpc) is 2.95. The fourth-order valence-electron chi connectivity index (χ4n) is 3.38.